The van der Waals surface area contributed by atoms with Crippen LogP contribution in [0.5, 0.6) is 0 Å². The van der Waals surface area contributed by atoms with E-state index in [1.54, 1.807) is 20.8 Å². The van der Waals surface area contributed by atoms with Crippen molar-refractivity contribution < 1.29 is 36.8 Å². The summed E-state index contributed by atoms with van der Waals surface area (Å²) in [5.74, 6) is -3.21. The summed E-state index contributed by atoms with van der Waals surface area (Å²) in [7, 11) is 0. The molecule has 2 aromatic carbocycles. The maximum absolute atomic E-state index is 14.2. The summed E-state index contributed by atoms with van der Waals surface area (Å²) in [6.07, 6.45) is -1.10. The monoisotopic (exact) mass is 585 g/mol. The Labute approximate surface area is 202 Å². The van der Waals surface area contributed by atoms with Gasteiger partial charge >= 0.3 is 12.1 Å². The number of carbonyl (C=O) groups is 2. The highest BCUT2D eigenvalue weighted by Crippen LogP contribution is 2.35. The van der Waals surface area contributed by atoms with E-state index in [-0.39, 0.29) is 22.8 Å². The minimum atomic E-state index is -1.14. The van der Waals surface area contributed by atoms with Gasteiger partial charge in [-0.05, 0) is 45.0 Å². The van der Waals surface area contributed by atoms with E-state index in [2.05, 4.69) is 31.9 Å². The summed E-state index contributed by atoms with van der Waals surface area (Å²) >= 11 is 6.53. The first-order valence-corrected chi connectivity index (χ1v) is 11.0. The van der Waals surface area contributed by atoms with Crippen LogP contribution in [0.25, 0.3) is 21.9 Å². The van der Waals surface area contributed by atoms with Crippen molar-refractivity contribution >= 4 is 71.7 Å². The van der Waals surface area contributed by atoms with Crippen LogP contribution >= 0.6 is 31.9 Å². The van der Waals surface area contributed by atoms with E-state index in [1.165, 1.54) is 36.4 Å². The van der Waals surface area contributed by atoms with Gasteiger partial charge in [0.05, 0.1) is 0 Å². The molecule has 0 saturated carbocycles. The smallest absolute Gasteiger partial charge is 0.446 e. The molecule has 1 amide bonds. The average molecular weight is 587 g/mol. The van der Waals surface area contributed by atoms with E-state index in [1.807, 2.05) is 0 Å². The van der Waals surface area contributed by atoms with Crippen molar-refractivity contribution in [1.82, 2.24) is 0 Å². The standard InChI is InChI=1S/C22H15Br2F2NO6/c1-22(2,3)32-21(29)27(17-9-11-13(24)5-7-15(26)19(11)31-17)33-20(28)16-8-10-12(23)4-6-14(25)18(10)30-16/h4-9H,1-3H3. The number of benzene rings is 2. The van der Waals surface area contributed by atoms with Crippen molar-refractivity contribution in [1.29, 1.82) is 0 Å². The van der Waals surface area contributed by atoms with Crippen molar-refractivity contribution in [3.05, 3.63) is 62.7 Å². The van der Waals surface area contributed by atoms with E-state index in [9.17, 15) is 18.4 Å². The number of fused-ring (bicyclic) bond motifs is 2. The lowest BCUT2D eigenvalue weighted by atomic mass is 10.2. The van der Waals surface area contributed by atoms with E-state index < -0.39 is 29.3 Å². The Kier molecular flexibility index (Phi) is 5.95. The zero-order valence-corrected chi connectivity index (χ0v) is 20.5. The second-order valence-electron chi connectivity index (χ2n) is 7.89. The highest BCUT2D eigenvalue weighted by Gasteiger charge is 2.32. The molecule has 0 N–H and O–H groups in total. The maximum Gasteiger partial charge on any atom is 0.451 e. The molecule has 0 aliphatic heterocycles. The molecule has 0 atom stereocenters. The second kappa shape index (κ2) is 8.45. The van der Waals surface area contributed by atoms with Crippen molar-refractivity contribution in [3.63, 3.8) is 0 Å². The number of rotatable bonds is 2. The fourth-order valence-electron chi connectivity index (χ4n) is 2.91. The molecule has 4 rings (SSSR count). The lowest BCUT2D eigenvalue weighted by Gasteiger charge is -2.24. The summed E-state index contributed by atoms with van der Waals surface area (Å²) in [5, 5.41) is 1.03. The molecule has 0 aliphatic carbocycles. The largest absolute Gasteiger partial charge is 0.451 e. The molecule has 0 aliphatic rings. The molecule has 0 spiro atoms. The zero-order chi connectivity index (χ0) is 24.1. The molecule has 11 heteroatoms. The van der Waals surface area contributed by atoms with Crippen molar-refractivity contribution in [3.8, 4) is 0 Å². The SMILES string of the molecule is CC(C)(C)OC(=O)N(OC(=O)c1cc2c(Br)ccc(F)c2o1)c1cc2c(Br)ccc(F)c2o1. The molecule has 2 aromatic heterocycles. The molecule has 172 valence electrons. The minimum absolute atomic E-state index is 0.168. The van der Waals surface area contributed by atoms with Crippen LogP contribution in [0.2, 0.25) is 0 Å². The van der Waals surface area contributed by atoms with Gasteiger partial charge in [0.25, 0.3) is 0 Å². The van der Waals surface area contributed by atoms with Crippen LogP contribution < -0.4 is 5.06 Å². The number of halogens is 4. The maximum atomic E-state index is 14.2. The van der Waals surface area contributed by atoms with Gasteiger partial charge in [0.2, 0.25) is 11.6 Å². The summed E-state index contributed by atoms with van der Waals surface area (Å²) in [4.78, 5) is 30.8. The fraction of sp³-hybridized carbons (Fsp3) is 0.182. The summed E-state index contributed by atoms with van der Waals surface area (Å²) in [5.41, 5.74) is -1.29. The number of carbonyl (C=O) groups excluding carboxylic acids is 2. The minimum Gasteiger partial charge on any atom is -0.446 e. The highest BCUT2D eigenvalue weighted by atomic mass is 79.9. The molecule has 0 unspecified atom stereocenters. The van der Waals surface area contributed by atoms with Crippen LogP contribution in [-0.4, -0.2) is 17.7 Å². The molecule has 33 heavy (non-hydrogen) atoms. The topological polar surface area (TPSA) is 82.1 Å². The summed E-state index contributed by atoms with van der Waals surface area (Å²) in [6, 6.07) is 7.81. The van der Waals surface area contributed by atoms with Crippen LogP contribution in [-0.2, 0) is 9.57 Å². The van der Waals surface area contributed by atoms with Crippen LogP contribution in [0.1, 0.15) is 31.3 Å². The number of nitrogens with zero attached hydrogens (tertiary/aromatic N) is 1. The van der Waals surface area contributed by atoms with Crippen molar-refractivity contribution in [2.24, 2.45) is 0 Å². The molecule has 0 fully saturated rings. The van der Waals surface area contributed by atoms with Gasteiger partial charge in [-0.2, -0.15) is 0 Å². The second-order valence-corrected chi connectivity index (χ2v) is 9.60. The average Bonchev–Trinajstić information content (AvgIpc) is 3.37. The molecule has 2 heterocycles. The highest BCUT2D eigenvalue weighted by molar-refractivity contribution is 9.11. The van der Waals surface area contributed by atoms with Gasteiger partial charge in [0.1, 0.15) is 5.60 Å². The number of anilines is 1. The van der Waals surface area contributed by atoms with Gasteiger partial charge in [0.15, 0.2) is 22.8 Å². The van der Waals surface area contributed by atoms with E-state index >= 15 is 0 Å². The van der Waals surface area contributed by atoms with Crippen molar-refractivity contribution in [2.45, 2.75) is 26.4 Å². The van der Waals surface area contributed by atoms with Gasteiger partial charge < -0.3 is 18.4 Å². The zero-order valence-electron chi connectivity index (χ0n) is 17.4. The quantitative estimate of drug-likeness (QED) is 0.226. The Morgan fingerprint density at radius 3 is 1.97 bits per heavy atom. The Bertz CT molecular complexity index is 1330. The Morgan fingerprint density at radius 1 is 0.909 bits per heavy atom. The molecule has 7 nitrogen and oxygen atoms in total. The third kappa shape index (κ3) is 4.60. The number of hydrogen-bond donors (Lipinski definition) is 0. The molecule has 0 radical (unpaired) electrons. The first-order valence-electron chi connectivity index (χ1n) is 9.45. The Balaban J connectivity index is 1.74. The molecule has 4 aromatic rings. The molecule has 0 saturated heterocycles. The predicted molar refractivity (Wildman–Crippen MR) is 122 cm³/mol. The lowest BCUT2D eigenvalue weighted by molar-refractivity contribution is 0.0160. The van der Waals surface area contributed by atoms with Crippen LogP contribution in [0.15, 0.2) is 54.2 Å². The van der Waals surface area contributed by atoms with Gasteiger partial charge in [-0.3, -0.25) is 0 Å². The fourth-order valence-corrected chi connectivity index (χ4v) is 3.76. The van der Waals surface area contributed by atoms with Gasteiger partial charge in [-0.15, -0.1) is 0 Å². The molecule has 0 bridgehead atoms. The summed E-state index contributed by atoms with van der Waals surface area (Å²) < 4.78 is 45.3. The summed E-state index contributed by atoms with van der Waals surface area (Å²) in [6.45, 7) is 4.83. The molecular formula is C22H15Br2F2NO6. The Hall–Kier alpha value is -2.92. The van der Waals surface area contributed by atoms with Gasteiger partial charge in [-0.25, -0.2) is 18.4 Å². The number of furan rings is 2. The first kappa shape index (κ1) is 23.2. The normalized spacial score (nSPS) is 11.7. The van der Waals surface area contributed by atoms with Crippen LogP contribution in [0, 0.1) is 11.6 Å². The number of hydroxylamine groups is 1. The predicted octanol–water partition coefficient (Wildman–Crippen LogP) is 7.50. The van der Waals surface area contributed by atoms with E-state index in [0.717, 1.165) is 0 Å². The number of hydrogen-bond acceptors (Lipinski definition) is 6. The van der Waals surface area contributed by atoms with Crippen molar-refractivity contribution in [2.75, 3.05) is 5.06 Å². The van der Waals surface area contributed by atoms with E-state index in [0.29, 0.717) is 24.8 Å². The first-order chi connectivity index (χ1) is 15.4. The number of amides is 1. The number of ether oxygens (including phenoxy) is 1. The molecular weight excluding hydrogens is 572 g/mol. The van der Waals surface area contributed by atoms with Crippen LogP contribution in [0.3, 0.4) is 0 Å². The Morgan fingerprint density at radius 2 is 1.45 bits per heavy atom. The lowest BCUT2D eigenvalue weighted by Crippen LogP contribution is -2.38. The third-order valence-electron chi connectivity index (χ3n) is 4.29. The van der Waals surface area contributed by atoms with Gasteiger partial charge in [-0.1, -0.05) is 36.9 Å². The van der Waals surface area contributed by atoms with Crippen LogP contribution in [0.4, 0.5) is 19.5 Å². The third-order valence-corrected chi connectivity index (χ3v) is 5.67. The van der Waals surface area contributed by atoms with E-state index in [4.69, 9.17) is 18.4 Å². The van der Waals surface area contributed by atoms with Gasteiger partial charge in [0, 0.05) is 31.9 Å².